The van der Waals surface area contributed by atoms with Gasteiger partial charge in [-0.2, -0.15) is 11.3 Å². The van der Waals surface area contributed by atoms with Crippen molar-refractivity contribution in [3.8, 4) is 33.6 Å². The van der Waals surface area contributed by atoms with Gasteiger partial charge in [0.15, 0.2) is 0 Å². The minimum atomic E-state index is -2.32. The Hall–Kier alpha value is -4.71. The number of para-hydroxylation sites is 1. The average Bonchev–Trinajstić information content (AvgIpc) is 3.75. The minimum absolute atomic E-state index is 0. The van der Waals surface area contributed by atoms with Gasteiger partial charge in [0.2, 0.25) is 0 Å². The van der Waals surface area contributed by atoms with Gasteiger partial charge in [0.05, 0.1) is 13.7 Å². The summed E-state index contributed by atoms with van der Waals surface area (Å²) in [7, 11) is -1.33. The molecule has 9 aromatic rings. The second kappa shape index (κ2) is 15.0. The van der Waals surface area contributed by atoms with Gasteiger partial charge in [-0.3, -0.25) is 0 Å². The quantitative estimate of drug-likeness (QED) is 0.128. The molecule has 0 aliphatic rings. The van der Waals surface area contributed by atoms with E-state index in [-0.39, 0.29) is 25.7 Å². The fraction of sp³-hybridized carbons (Fsp3) is 0.149. The van der Waals surface area contributed by atoms with Gasteiger partial charge in [0.25, 0.3) is 0 Å². The van der Waals surface area contributed by atoms with E-state index in [1.54, 1.807) is 31.3 Å². The van der Waals surface area contributed by atoms with E-state index >= 15 is 0 Å². The summed E-state index contributed by atoms with van der Waals surface area (Å²) >= 11 is 1.69. The molecule has 0 aliphatic heterocycles. The molecule has 0 N–H and O–H groups in total. The molecule has 265 valence electrons. The van der Waals surface area contributed by atoms with Crippen LogP contribution in [0.5, 0.6) is 0 Å². The van der Waals surface area contributed by atoms with E-state index in [1.165, 1.54) is 32.6 Å². The molecule has 3 nitrogen and oxygen atoms in total. The molecule has 0 saturated carbocycles. The second-order valence-electron chi connectivity index (χ2n) is 14.3. The number of hydrogen-bond donors (Lipinski definition) is 0. The van der Waals surface area contributed by atoms with E-state index < -0.39 is 20.8 Å². The van der Waals surface area contributed by atoms with Crippen LogP contribution in [0.1, 0.15) is 36.4 Å². The van der Waals surface area contributed by atoms with E-state index in [0.717, 1.165) is 48.8 Å². The average molecular weight is 905 g/mol. The zero-order valence-electron chi connectivity index (χ0n) is 34.2. The van der Waals surface area contributed by atoms with E-state index in [0.29, 0.717) is 11.3 Å². The first kappa shape index (κ1) is 31.8. The fourth-order valence-corrected chi connectivity index (χ4v) is 8.90. The number of fused-ring (bicyclic) bond motifs is 6. The molecule has 0 bridgehead atoms. The molecular weight excluding hydrogens is 861 g/mol. The number of furan rings is 1. The van der Waals surface area contributed by atoms with Gasteiger partial charge >= 0.3 is 0 Å². The van der Waals surface area contributed by atoms with Gasteiger partial charge in [0, 0.05) is 48.1 Å². The summed E-state index contributed by atoms with van der Waals surface area (Å²) in [4.78, 5) is 9.19. The van der Waals surface area contributed by atoms with E-state index in [1.807, 2.05) is 54.7 Å². The molecule has 0 unspecified atom stereocenters. The summed E-state index contributed by atoms with van der Waals surface area (Å²) in [5, 5.41) is 5.90. The summed E-state index contributed by atoms with van der Waals surface area (Å²) in [6, 6.07) is 45.6. The van der Waals surface area contributed by atoms with Crippen LogP contribution in [-0.4, -0.2) is 18.0 Å². The molecule has 0 spiro atoms. The number of hydrogen-bond acceptors (Lipinski definition) is 4. The van der Waals surface area contributed by atoms with Crippen molar-refractivity contribution < 1.29 is 30.0 Å². The van der Waals surface area contributed by atoms with Gasteiger partial charge in [-0.05, 0) is 73.8 Å². The first-order valence-corrected chi connectivity index (χ1v) is 21.7. The minimum Gasteiger partial charge on any atom is -0.501 e. The van der Waals surface area contributed by atoms with E-state index in [9.17, 15) is 0 Å². The number of aryl methyl sites for hydroxylation is 1. The first-order chi connectivity index (χ1) is 26.7. The molecule has 5 aromatic carbocycles. The Bertz CT molecular complexity index is 2870. The molecule has 4 aromatic heterocycles. The molecule has 9 rings (SSSR count). The molecule has 53 heavy (non-hydrogen) atoms. The number of pyridine rings is 2. The van der Waals surface area contributed by atoms with Crippen LogP contribution in [0, 0.1) is 19.0 Å². The molecule has 6 heteroatoms. The Kier molecular flexibility index (Phi) is 8.97. The number of thiophene rings is 1. The number of rotatable bonds is 5. The fourth-order valence-electron chi connectivity index (χ4n) is 6.61. The van der Waals surface area contributed by atoms with Gasteiger partial charge in [-0.1, -0.05) is 129 Å². The number of nitrogens with zero attached hydrogens (tertiary/aromatic N) is 2. The molecule has 0 amide bonds. The summed E-state index contributed by atoms with van der Waals surface area (Å²) < 4.78 is 40.4. The Morgan fingerprint density at radius 3 is 2.19 bits per heavy atom. The maximum atomic E-state index is 8.52. The third-order valence-electron chi connectivity index (χ3n) is 9.46. The third-order valence-corrected chi connectivity index (χ3v) is 12.7. The van der Waals surface area contributed by atoms with Crippen molar-refractivity contribution in [2.75, 3.05) is 0 Å². The van der Waals surface area contributed by atoms with Crippen LogP contribution in [0.4, 0.5) is 0 Å². The van der Waals surface area contributed by atoms with Crippen LogP contribution >= 0.6 is 11.3 Å². The van der Waals surface area contributed by atoms with Gasteiger partial charge in [0.1, 0.15) is 5.58 Å². The smallest absolute Gasteiger partial charge is 0.120 e. The Balaban J connectivity index is 0.000000182. The zero-order valence-corrected chi connectivity index (χ0v) is 34.4. The maximum absolute atomic E-state index is 8.52. The topological polar surface area (TPSA) is 38.9 Å². The maximum Gasteiger partial charge on any atom is 0.120 e. The van der Waals surface area contributed by atoms with Crippen LogP contribution in [-0.2, 0) is 20.1 Å². The summed E-state index contributed by atoms with van der Waals surface area (Å²) in [5.41, 5.74) is 8.01. The number of aromatic nitrogens is 2. The van der Waals surface area contributed by atoms with Crippen LogP contribution < -0.4 is 5.19 Å². The normalized spacial score (nSPS) is 13.2. The largest absolute Gasteiger partial charge is 0.501 e. The predicted octanol–water partition coefficient (Wildman–Crippen LogP) is 13.0. The van der Waals surface area contributed by atoms with E-state index in [2.05, 4.69) is 102 Å². The molecule has 4 heterocycles. The standard InChI is InChI=1S/C27H22NS.C20H18NOSi.Ir/c1-17(2)24-15-25(28-16-18(24)3)23-11-7-10-22-21-13-12-20(14-26(21)29-27(22)23)19-8-5-4-6-9-19;1-23(2,3)14-11-12-18(21-13-14)17-9-6-8-16-15-7-4-5-10-19(15)22-20(16)17;/h4-10,12-17H,1-3H3;4-8,10-13H,1-3H3;/q2*-1;/i3D3,17D;;. The molecule has 0 aliphatic carbocycles. The monoisotopic (exact) mass is 905 g/mol. The number of benzene rings is 5. The van der Waals surface area contributed by atoms with Gasteiger partial charge in [-0.25, -0.2) is 0 Å². The second-order valence-corrected chi connectivity index (χ2v) is 20.4. The van der Waals surface area contributed by atoms with Crippen molar-refractivity contribution in [1.82, 2.24) is 9.97 Å². The van der Waals surface area contributed by atoms with Crippen molar-refractivity contribution in [1.29, 1.82) is 0 Å². The SMILES string of the molecule is C[Si](C)(C)c1ccc(-c2[c-]ccc3c2oc2ccccc23)nc1.[2H]C([2H])([2H])c1cnc(-c2[c-]ccc3c2sc2cc(-c4ccccc4)ccc23)cc1C([2H])(C)C.[Ir]. The summed E-state index contributed by atoms with van der Waals surface area (Å²) in [5.74, 6) is -1.07. The van der Waals surface area contributed by atoms with Gasteiger partial charge < -0.3 is 14.4 Å². The molecular formula is C47H40IrN2OSSi-2. The van der Waals surface area contributed by atoms with Crippen LogP contribution in [0.2, 0.25) is 19.6 Å². The third kappa shape index (κ3) is 7.17. The first-order valence-electron chi connectivity index (χ1n) is 19.4. The van der Waals surface area contributed by atoms with Crippen molar-refractivity contribution >= 4 is 66.7 Å². The summed E-state index contributed by atoms with van der Waals surface area (Å²) in [6.07, 6.45) is 3.42. The molecule has 1 radical (unpaired) electrons. The van der Waals surface area contributed by atoms with Crippen molar-refractivity contribution in [3.63, 3.8) is 0 Å². The van der Waals surface area contributed by atoms with Crippen molar-refractivity contribution in [3.05, 3.63) is 151 Å². The zero-order chi connectivity index (χ0) is 39.4. The Morgan fingerprint density at radius 2 is 1.45 bits per heavy atom. The summed E-state index contributed by atoms with van der Waals surface area (Å²) in [6.45, 7) is 8.08. The van der Waals surface area contributed by atoms with E-state index in [4.69, 9.17) is 9.90 Å². The molecule has 0 saturated heterocycles. The van der Waals surface area contributed by atoms with Crippen LogP contribution in [0.25, 0.3) is 75.8 Å². The van der Waals surface area contributed by atoms with Crippen LogP contribution in [0.3, 0.4) is 0 Å². The van der Waals surface area contributed by atoms with Crippen LogP contribution in [0.15, 0.2) is 132 Å². The van der Waals surface area contributed by atoms with Gasteiger partial charge in [-0.15, -0.1) is 42.0 Å². The Labute approximate surface area is 335 Å². The molecule has 0 fully saturated rings. The van der Waals surface area contributed by atoms with Crippen molar-refractivity contribution in [2.45, 2.75) is 46.2 Å². The Morgan fingerprint density at radius 1 is 0.717 bits per heavy atom. The molecule has 0 atom stereocenters. The predicted molar refractivity (Wildman–Crippen MR) is 224 cm³/mol. The van der Waals surface area contributed by atoms with Crippen molar-refractivity contribution in [2.24, 2.45) is 0 Å².